The second-order valence-corrected chi connectivity index (χ2v) is 9.95. The van der Waals surface area contributed by atoms with Gasteiger partial charge in [0.25, 0.3) is 10.0 Å². The minimum Gasteiger partial charge on any atom is -0.494 e. The van der Waals surface area contributed by atoms with Crippen LogP contribution in [0.5, 0.6) is 5.75 Å². The summed E-state index contributed by atoms with van der Waals surface area (Å²) < 4.78 is 33.6. The summed E-state index contributed by atoms with van der Waals surface area (Å²) in [5.41, 5.74) is 3.56. The second kappa shape index (κ2) is 11.7. The van der Waals surface area contributed by atoms with Crippen molar-refractivity contribution >= 4 is 21.6 Å². The van der Waals surface area contributed by atoms with E-state index in [0.29, 0.717) is 25.3 Å². The van der Waals surface area contributed by atoms with Gasteiger partial charge in [-0.25, -0.2) is 8.42 Å². The number of aryl methyl sites for hydroxylation is 3. The summed E-state index contributed by atoms with van der Waals surface area (Å²) in [6.07, 6.45) is 1.46. The predicted octanol–water partition coefficient (Wildman–Crippen LogP) is 4.65. The lowest BCUT2D eigenvalue weighted by atomic mass is 10.1. The lowest BCUT2D eigenvalue weighted by Crippen LogP contribution is -2.41. The molecule has 3 rings (SSSR count). The molecular weight excluding hydrogens is 448 g/mol. The summed E-state index contributed by atoms with van der Waals surface area (Å²) in [4.78, 5) is 12.9. The quantitative estimate of drug-likeness (QED) is 0.406. The minimum absolute atomic E-state index is 0.147. The molecule has 7 heteroatoms. The van der Waals surface area contributed by atoms with Gasteiger partial charge in [-0.05, 0) is 80.6 Å². The highest BCUT2D eigenvalue weighted by molar-refractivity contribution is 7.92. The number of hydrogen-bond acceptors (Lipinski definition) is 4. The van der Waals surface area contributed by atoms with Gasteiger partial charge in [-0.2, -0.15) is 0 Å². The van der Waals surface area contributed by atoms with Crippen molar-refractivity contribution in [3.8, 4) is 5.75 Å². The Morgan fingerprint density at radius 1 is 0.941 bits per heavy atom. The third kappa shape index (κ3) is 6.38. The highest BCUT2D eigenvalue weighted by Gasteiger charge is 2.27. The van der Waals surface area contributed by atoms with Gasteiger partial charge in [0, 0.05) is 6.54 Å². The summed E-state index contributed by atoms with van der Waals surface area (Å²) >= 11 is 0. The highest BCUT2D eigenvalue weighted by atomic mass is 32.2. The second-order valence-electron chi connectivity index (χ2n) is 8.09. The van der Waals surface area contributed by atoms with Crippen LogP contribution in [0.3, 0.4) is 0 Å². The van der Waals surface area contributed by atoms with Crippen molar-refractivity contribution in [2.24, 2.45) is 0 Å². The molecule has 1 N–H and O–H groups in total. The van der Waals surface area contributed by atoms with E-state index in [1.54, 1.807) is 30.3 Å². The van der Waals surface area contributed by atoms with E-state index >= 15 is 0 Å². The van der Waals surface area contributed by atoms with Crippen LogP contribution >= 0.6 is 0 Å². The fraction of sp³-hybridized carbons (Fsp3) is 0.296. The molecule has 0 heterocycles. The van der Waals surface area contributed by atoms with Crippen LogP contribution in [-0.2, 0) is 21.2 Å². The fourth-order valence-corrected chi connectivity index (χ4v) is 5.05. The number of rotatable bonds is 11. The number of benzene rings is 3. The number of sulfonamides is 1. The lowest BCUT2D eigenvalue weighted by molar-refractivity contribution is -0.119. The molecule has 3 aromatic rings. The maximum atomic E-state index is 13.4. The minimum atomic E-state index is -3.91. The molecule has 0 spiro atoms. The van der Waals surface area contributed by atoms with Crippen LogP contribution in [0.2, 0.25) is 0 Å². The Morgan fingerprint density at radius 2 is 1.65 bits per heavy atom. The average Bonchev–Trinajstić information content (AvgIpc) is 2.84. The SMILES string of the molecule is CCOc1ccccc1CCCNC(=O)CN(c1ccc(C)c(C)c1)S(=O)(=O)c1ccccc1. The number of nitrogens with zero attached hydrogens (tertiary/aromatic N) is 1. The Labute approximate surface area is 202 Å². The Bertz CT molecular complexity index is 1210. The van der Waals surface area contributed by atoms with Gasteiger partial charge >= 0.3 is 0 Å². The first-order chi connectivity index (χ1) is 16.3. The molecule has 0 aliphatic heterocycles. The molecule has 1 amide bonds. The molecule has 0 aromatic heterocycles. The smallest absolute Gasteiger partial charge is 0.264 e. The Kier molecular flexibility index (Phi) is 8.71. The first kappa shape index (κ1) is 25.3. The van der Waals surface area contributed by atoms with Crippen molar-refractivity contribution in [1.29, 1.82) is 0 Å². The number of hydrogen-bond donors (Lipinski definition) is 1. The van der Waals surface area contributed by atoms with Crippen LogP contribution in [0.25, 0.3) is 0 Å². The number of nitrogens with one attached hydrogen (secondary N) is 1. The topological polar surface area (TPSA) is 75.7 Å². The number of carbonyl (C=O) groups excluding carboxylic acids is 1. The molecule has 0 bridgehead atoms. The zero-order valence-electron chi connectivity index (χ0n) is 20.0. The molecule has 180 valence electrons. The van der Waals surface area contributed by atoms with E-state index in [4.69, 9.17) is 4.74 Å². The summed E-state index contributed by atoms with van der Waals surface area (Å²) in [5.74, 6) is 0.502. The number of ether oxygens (including phenoxy) is 1. The fourth-order valence-electron chi connectivity index (χ4n) is 3.62. The summed E-state index contributed by atoms with van der Waals surface area (Å²) in [6, 6.07) is 21.4. The maximum Gasteiger partial charge on any atom is 0.264 e. The third-order valence-corrected chi connectivity index (χ3v) is 7.40. The summed E-state index contributed by atoms with van der Waals surface area (Å²) in [7, 11) is -3.91. The highest BCUT2D eigenvalue weighted by Crippen LogP contribution is 2.25. The van der Waals surface area contributed by atoms with E-state index < -0.39 is 10.0 Å². The van der Waals surface area contributed by atoms with Gasteiger partial charge in [-0.1, -0.05) is 42.5 Å². The van der Waals surface area contributed by atoms with Crippen molar-refractivity contribution in [1.82, 2.24) is 5.32 Å². The number of amides is 1. The molecular formula is C27H32N2O4S. The van der Waals surface area contributed by atoms with E-state index in [9.17, 15) is 13.2 Å². The monoisotopic (exact) mass is 480 g/mol. The normalized spacial score (nSPS) is 11.1. The van der Waals surface area contributed by atoms with Gasteiger partial charge in [-0.15, -0.1) is 0 Å². The molecule has 0 saturated carbocycles. The molecule has 0 unspecified atom stereocenters. The third-order valence-electron chi connectivity index (χ3n) is 5.61. The first-order valence-electron chi connectivity index (χ1n) is 11.5. The van der Waals surface area contributed by atoms with Crippen molar-refractivity contribution < 1.29 is 17.9 Å². The summed E-state index contributed by atoms with van der Waals surface area (Å²) in [6.45, 7) is 6.57. The van der Waals surface area contributed by atoms with Gasteiger partial charge < -0.3 is 10.1 Å². The first-order valence-corrected chi connectivity index (χ1v) is 12.9. The van der Waals surface area contributed by atoms with E-state index in [0.717, 1.165) is 28.9 Å². The van der Waals surface area contributed by atoms with Crippen LogP contribution < -0.4 is 14.4 Å². The van der Waals surface area contributed by atoms with Crippen LogP contribution in [0.4, 0.5) is 5.69 Å². The van der Waals surface area contributed by atoms with Crippen LogP contribution in [0.15, 0.2) is 77.7 Å². The van der Waals surface area contributed by atoms with Crippen molar-refractivity contribution in [3.63, 3.8) is 0 Å². The van der Waals surface area contributed by atoms with Crippen molar-refractivity contribution in [2.45, 2.75) is 38.5 Å². The molecule has 34 heavy (non-hydrogen) atoms. The lowest BCUT2D eigenvalue weighted by Gasteiger charge is -2.25. The van der Waals surface area contributed by atoms with E-state index in [2.05, 4.69) is 5.32 Å². The zero-order chi connectivity index (χ0) is 24.6. The molecule has 6 nitrogen and oxygen atoms in total. The Balaban J connectivity index is 1.70. The maximum absolute atomic E-state index is 13.4. The Hall–Kier alpha value is -3.32. The Morgan fingerprint density at radius 3 is 2.35 bits per heavy atom. The number of anilines is 1. The van der Waals surface area contributed by atoms with Gasteiger partial charge in [0.05, 0.1) is 17.2 Å². The van der Waals surface area contributed by atoms with Crippen molar-refractivity contribution in [2.75, 3.05) is 24.0 Å². The van der Waals surface area contributed by atoms with Crippen molar-refractivity contribution in [3.05, 3.63) is 89.5 Å². The van der Waals surface area contributed by atoms with E-state index in [-0.39, 0.29) is 17.3 Å². The molecule has 0 saturated heterocycles. The standard InChI is InChI=1S/C27H32N2O4S/c1-4-33-26-15-9-8-11-23(26)12-10-18-28-27(30)20-29(24-17-16-21(2)22(3)19-24)34(31,32)25-13-6-5-7-14-25/h5-9,11,13-17,19H,4,10,12,18,20H2,1-3H3,(H,28,30). The largest absolute Gasteiger partial charge is 0.494 e. The molecule has 3 aromatic carbocycles. The molecule has 0 radical (unpaired) electrons. The van der Waals surface area contributed by atoms with Gasteiger partial charge in [0.1, 0.15) is 12.3 Å². The predicted molar refractivity (Wildman–Crippen MR) is 136 cm³/mol. The average molecular weight is 481 g/mol. The molecule has 0 aliphatic carbocycles. The molecule has 0 fully saturated rings. The zero-order valence-corrected chi connectivity index (χ0v) is 20.8. The number of para-hydroxylation sites is 1. The van der Waals surface area contributed by atoms with Gasteiger partial charge in [0.15, 0.2) is 0 Å². The van der Waals surface area contributed by atoms with Gasteiger partial charge in [0.2, 0.25) is 5.91 Å². The summed E-state index contributed by atoms with van der Waals surface area (Å²) in [5, 5.41) is 2.87. The van der Waals surface area contributed by atoms with E-state index in [1.165, 1.54) is 16.4 Å². The van der Waals surface area contributed by atoms with Crippen LogP contribution in [0.1, 0.15) is 30.0 Å². The number of carbonyl (C=O) groups is 1. The van der Waals surface area contributed by atoms with Crippen LogP contribution in [0, 0.1) is 13.8 Å². The van der Waals surface area contributed by atoms with Gasteiger partial charge in [-0.3, -0.25) is 9.10 Å². The van der Waals surface area contributed by atoms with E-state index in [1.807, 2.05) is 51.1 Å². The van der Waals surface area contributed by atoms with Crippen LogP contribution in [-0.4, -0.2) is 34.0 Å². The molecule has 0 aliphatic rings. The molecule has 0 atom stereocenters.